The quantitative estimate of drug-likeness (QED) is 0.237. The Bertz CT molecular complexity index is 760. The molecule has 0 aliphatic rings. The summed E-state index contributed by atoms with van der Waals surface area (Å²) in [5.41, 5.74) is 4.21. The van der Waals surface area contributed by atoms with Crippen molar-refractivity contribution in [3.05, 3.63) is 65.0 Å². The van der Waals surface area contributed by atoms with Crippen LogP contribution in [0.3, 0.4) is 0 Å². The minimum Gasteiger partial charge on any atom is -0.493 e. The monoisotopic (exact) mass is 382 g/mol. The fourth-order valence-electron chi connectivity index (χ4n) is 2.83. The van der Waals surface area contributed by atoms with Crippen LogP contribution in [0.15, 0.2) is 47.8 Å². The number of nitrogens with zero attached hydrogens (tertiary/aromatic N) is 2. The van der Waals surface area contributed by atoms with E-state index in [1.807, 2.05) is 43.5 Å². The van der Waals surface area contributed by atoms with Gasteiger partial charge >= 0.3 is 0 Å². The van der Waals surface area contributed by atoms with Crippen molar-refractivity contribution in [2.45, 2.75) is 40.0 Å². The van der Waals surface area contributed by atoms with E-state index in [9.17, 15) is 0 Å². The Hall–Kier alpha value is -2.82. The molecule has 1 aromatic heterocycles. The lowest BCUT2D eigenvalue weighted by atomic mass is 10.1. The number of benzene rings is 1. The van der Waals surface area contributed by atoms with Gasteiger partial charge in [0.1, 0.15) is 25.2 Å². The molecule has 0 saturated heterocycles. The minimum atomic E-state index is 0.588. The molecule has 0 aliphatic heterocycles. The van der Waals surface area contributed by atoms with Crippen molar-refractivity contribution in [1.29, 1.82) is 0 Å². The van der Waals surface area contributed by atoms with Gasteiger partial charge in [0.15, 0.2) is 0 Å². The lowest BCUT2D eigenvalue weighted by Gasteiger charge is -2.14. The van der Waals surface area contributed by atoms with E-state index in [1.165, 1.54) is 12.7 Å². The predicted octanol–water partition coefficient (Wildman–Crippen LogP) is 5.04. The van der Waals surface area contributed by atoms with Crippen LogP contribution in [-0.2, 0) is 11.3 Å². The highest BCUT2D eigenvalue weighted by molar-refractivity contribution is 5.76. The summed E-state index contributed by atoms with van der Waals surface area (Å²) in [6.07, 6.45) is 10.5. The molecule has 0 fully saturated rings. The Morgan fingerprint density at radius 3 is 2.50 bits per heavy atom. The predicted molar refractivity (Wildman–Crippen MR) is 113 cm³/mol. The standard InChI is InChI=1S/C23H30N2O3/c1-5-6-12-27-22-14-18(2)23(19(3)15-22)28-13-8-7-9-20-10-11-21(24-16-20)17-25-26-4/h5-6,10-11,14-17H,7-9,12-13H2,1-4H3/b6-5+,25-17?. The van der Waals surface area contributed by atoms with E-state index in [0.29, 0.717) is 13.2 Å². The fourth-order valence-corrected chi connectivity index (χ4v) is 2.83. The summed E-state index contributed by atoms with van der Waals surface area (Å²) in [7, 11) is 1.52. The average Bonchev–Trinajstić information content (AvgIpc) is 2.69. The molecule has 0 spiro atoms. The van der Waals surface area contributed by atoms with Crippen molar-refractivity contribution in [3.63, 3.8) is 0 Å². The number of aryl methyl sites for hydroxylation is 3. The third-order valence-corrected chi connectivity index (χ3v) is 4.26. The highest BCUT2D eigenvalue weighted by atomic mass is 16.6. The molecule has 0 amide bonds. The molecule has 0 radical (unpaired) electrons. The summed E-state index contributed by atoms with van der Waals surface area (Å²) < 4.78 is 11.8. The van der Waals surface area contributed by atoms with Gasteiger partial charge < -0.3 is 14.3 Å². The van der Waals surface area contributed by atoms with Crippen molar-refractivity contribution in [2.75, 3.05) is 20.3 Å². The molecule has 1 aromatic carbocycles. The molecule has 0 unspecified atom stereocenters. The molecule has 150 valence electrons. The van der Waals surface area contributed by atoms with Crippen LogP contribution < -0.4 is 9.47 Å². The summed E-state index contributed by atoms with van der Waals surface area (Å²) in [5.74, 6) is 1.84. The van der Waals surface area contributed by atoms with Crippen LogP contribution in [0.4, 0.5) is 0 Å². The maximum Gasteiger partial charge on any atom is 0.125 e. The molecule has 0 atom stereocenters. The minimum absolute atomic E-state index is 0.588. The first-order chi connectivity index (χ1) is 13.6. The topological polar surface area (TPSA) is 52.9 Å². The molecule has 5 nitrogen and oxygen atoms in total. The maximum absolute atomic E-state index is 6.03. The van der Waals surface area contributed by atoms with Crippen molar-refractivity contribution >= 4 is 6.21 Å². The van der Waals surface area contributed by atoms with Crippen molar-refractivity contribution in [2.24, 2.45) is 5.16 Å². The highest BCUT2D eigenvalue weighted by Gasteiger charge is 2.07. The van der Waals surface area contributed by atoms with Gasteiger partial charge in [0.05, 0.1) is 18.5 Å². The zero-order valence-electron chi connectivity index (χ0n) is 17.3. The number of oxime groups is 1. The maximum atomic E-state index is 6.03. The Balaban J connectivity index is 1.76. The summed E-state index contributed by atoms with van der Waals surface area (Å²) in [6.45, 7) is 7.40. The molecule has 0 N–H and O–H groups in total. The molecular weight excluding hydrogens is 352 g/mol. The first kappa shape index (κ1) is 21.5. The number of hydrogen-bond donors (Lipinski definition) is 0. The molecule has 2 aromatic rings. The zero-order chi connectivity index (χ0) is 20.2. The summed E-state index contributed by atoms with van der Waals surface area (Å²) >= 11 is 0. The summed E-state index contributed by atoms with van der Waals surface area (Å²) in [5, 5.41) is 3.71. The zero-order valence-corrected chi connectivity index (χ0v) is 17.3. The SMILES string of the molecule is C/C=C/COc1cc(C)c(OCCCCc2ccc(C=NOC)nc2)c(C)c1. The number of aromatic nitrogens is 1. The second-order valence-electron chi connectivity index (χ2n) is 6.58. The van der Waals surface area contributed by atoms with Gasteiger partial charge in [-0.25, -0.2) is 0 Å². The smallest absolute Gasteiger partial charge is 0.125 e. The van der Waals surface area contributed by atoms with E-state index in [2.05, 4.69) is 34.9 Å². The van der Waals surface area contributed by atoms with Crippen molar-refractivity contribution in [3.8, 4) is 11.5 Å². The van der Waals surface area contributed by atoms with Gasteiger partial charge in [0.2, 0.25) is 0 Å². The highest BCUT2D eigenvalue weighted by Crippen LogP contribution is 2.28. The van der Waals surface area contributed by atoms with E-state index in [-0.39, 0.29) is 0 Å². The Morgan fingerprint density at radius 2 is 1.86 bits per heavy atom. The Kier molecular flexibility index (Phi) is 9.05. The molecule has 5 heteroatoms. The molecule has 0 aliphatic carbocycles. The van der Waals surface area contributed by atoms with Crippen molar-refractivity contribution < 1.29 is 14.3 Å². The Labute approximate surface area is 168 Å². The van der Waals surface area contributed by atoms with Gasteiger partial charge in [-0.2, -0.15) is 0 Å². The molecule has 0 bridgehead atoms. The number of hydrogen-bond acceptors (Lipinski definition) is 5. The first-order valence-electron chi connectivity index (χ1n) is 9.63. The van der Waals surface area contributed by atoms with Gasteiger partial charge in [-0.05, 0) is 74.9 Å². The van der Waals surface area contributed by atoms with Crippen LogP contribution >= 0.6 is 0 Å². The number of ether oxygens (including phenoxy) is 2. The van der Waals surface area contributed by atoms with E-state index in [4.69, 9.17) is 9.47 Å². The Morgan fingerprint density at radius 1 is 1.07 bits per heavy atom. The average molecular weight is 383 g/mol. The molecule has 0 saturated carbocycles. The number of rotatable bonds is 11. The normalized spacial score (nSPS) is 11.3. The van der Waals surface area contributed by atoms with Gasteiger partial charge in [-0.3, -0.25) is 4.98 Å². The molecule has 2 rings (SSSR count). The van der Waals surface area contributed by atoms with Gasteiger partial charge in [-0.1, -0.05) is 23.4 Å². The number of allylic oxidation sites excluding steroid dienone is 1. The summed E-state index contributed by atoms with van der Waals surface area (Å²) in [6, 6.07) is 8.09. The number of pyridine rings is 1. The second-order valence-corrected chi connectivity index (χ2v) is 6.58. The van der Waals surface area contributed by atoms with Gasteiger partial charge in [0.25, 0.3) is 0 Å². The third kappa shape index (κ3) is 7.06. The van der Waals surface area contributed by atoms with Crippen molar-refractivity contribution in [1.82, 2.24) is 4.98 Å². The molecular formula is C23H30N2O3. The van der Waals surface area contributed by atoms with Crippen LogP contribution in [-0.4, -0.2) is 31.5 Å². The third-order valence-electron chi connectivity index (χ3n) is 4.26. The van der Waals surface area contributed by atoms with Gasteiger partial charge in [-0.15, -0.1) is 0 Å². The van der Waals surface area contributed by atoms with E-state index < -0.39 is 0 Å². The van der Waals surface area contributed by atoms with Crippen LogP contribution in [0, 0.1) is 13.8 Å². The number of unbranched alkanes of at least 4 members (excludes halogenated alkanes) is 1. The van der Waals surface area contributed by atoms with Crippen LogP contribution in [0.2, 0.25) is 0 Å². The van der Waals surface area contributed by atoms with Crippen LogP contribution in [0.5, 0.6) is 11.5 Å². The van der Waals surface area contributed by atoms with Crippen LogP contribution in [0.1, 0.15) is 42.1 Å². The van der Waals surface area contributed by atoms with E-state index in [1.54, 1.807) is 6.21 Å². The largest absolute Gasteiger partial charge is 0.493 e. The van der Waals surface area contributed by atoms with Crippen LogP contribution in [0.25, 0.3) is 0 Å². The summed E-state index contributed by atoms with van der Waals surface area (Å²) in [4.78, 5) is 9.00. The molecule has 1 heterocycles. The second kappa shape index (κ2) is 11.8. The lowest BCUT2D eigenvalue weighted by molar-refractivity contribution is 0.215. The first-order valence-corrected chi connectivity index (χ1v) is 9.63. The lowest BCUT2D eigenvalue weighted by Crippen LogP contribution is -2.03. The van der Waals surface area contributed by atoms with E-state index in [0.717, 1.165) is 47.6 Å². The van der Waals surface area contributed by atoms with E-state index >= 15 is 0 Å². The fraction of sp³-hybridized carbons (Fsp3) is 0.391. The van der Waals surface area contributed by atoms with Gasteiger partial charge in [0, 0.05) is 6.20 Å². The molecule has 28 heavy (non-hydrogen) atoms.